The number of alkyl carbamates (subject to hydrolysis) is 1. The lowest BCUT2D eigenvalue weighted by Gasteiger charge is -2.19. The standard InChI is InChI=1S/C13H21N3O4/c1-9(2)11(12(17)19-3)16-13(18)20-6-4-5-10-7-14-8-15-10/h7-9,11H,4-6H2,1-3H3,(H,14,15)(H,16,18)/t11-/m0/s1. The number of esters is 1. The third-order valence-corrected chi connectivity index (χ3v) is 2.77. The molecule has 0 radical (unpaired) electrons. The number of aromatic nitrogens is 2. The normalized spacial score (nSPS) is 12.0. The molecule has 0 aliphatic carbocycles. The molecule has 7 heteroatoms. The minimum atomic E-state index is -0.694. The largest absolute Gasteiger partial charge is 0.467 e. The highest BCUT2D eigenvalue weighted by Crippen LogP contribution is 2.04. The zero-order valence-electron chi connectivity index (χ0n) is 12.0. The minimum absolute atomic E-state index is 0.0695. The van der Waals surface area contributed by atoms with Crippen LogP contribution in [-0.4, -0.2) is 41.8 Å². The molecule has 0 aromatic carbocycles. The number of carbonyl (C=O) groups excluding carboxylic acids is 2. The number of nitrogens with one attached hydrogen (secondary N) is 2. The Morgan fingerprint density at radius 2 is 2.20 bits per heavy atom. The maximum Gasteiger partial charge on any atom is 0.407 e. The van der Waals surface area contributed by atoms with Crippen molar-refractivity contribution >= 4 is 12.1 Å². The highest BCUT2D eigenvalue weighted by Gasteiger charge is 2.25. The van der Waals surface area contributed by atoms with Gasteiger partial charge in [-0.15, -0.1) is 0 Å². The molecule has 0 aliphatic rings. The van der Waals surface area contributed by atoms with Crippen LogP contribution in [-0.2, 0) is 20.7 Å². The number of hydrogen-bond donors (Lipinski definition) is 2. The van der Waals surface area contributed by atoms with Gasteiger partial charge in [-0.3, -0.25) is 0 Å². The van der Waals surface area contributed by atoms with Gasteiger partial charge >= 0.3 is 12.1 Å². The van der Waals surface area contributed by atoms with Crippen molar-refractivity contribution in [3.05, 3.63) is 18.2 Å². The molecule has 7 nitrogen and oxygen atoms in total. The van der Waals surface area contributed by atoms with Gasteiger partial charge in [0.2, 0.25) is 0 Å². The molecule has 0 saturated heterocycles. The number of hydrogen-bond acceptors (Lipinski definition) is 5. The summed E-state index contributed by atoms with van der Waals surface area (Å²) in [5.41, 5.74) is 0.989. The van der Waals surface area contributed by atoms with Gasteiger partial charge in [0.05, 0.1) is 20.0 Å². The molecule has 1 aromatic heterocycles. The molecule has 0 bridgehead atoms. The van der Waals surface area contributed by atoms with E-state index in [1.165, 1.54) is 7.11 Å². The van der Waals surface area contributed by atoms with Gasteiger partial charge in [0.15, 0.2) is 0 Å². The van der Waals surface area contributed by atoms with E-state index in [2.05, 4.69) is 20.0 Å². The van der Waals surface area contributed by atoms with Crippen molar-refractivity contribution in [2.24, 2.45) is 5.92 Å². The molecule has 20 heavy (non-hydrogen) atoms. The van der Waals surface area contributed by atoms with Gasteiger partial charge in [-0.2, -0.15) is 0 Å². The molecule has 0 unspecified atom stereocenters. The first kappa shape index (κ1) is 16.0. The number of aryl methyl sites for hydroxylation is 1. The Hall–Kier alpha value is -2.05. The first-order valence-electron chi connectivity index (χ1n) is 6.53. The van der Waals surface area contributed by atoms with Crippen molar-refractivity contribution in [3.8, 4) is 0 Å². The lowest BCUT2D eigenvalue weighted by molar-refractivity contribution is -0.144. The van der Waals surface area contributed by atoms with Crippen LogP contribution in [0.5, 0.6) is 0 Å². The van der Waals surface area contributed by atoms with Crippen molar-refractivity contribution in [1.29, 1.82) is 0 Å². The number of ether oxygens (including phenoxy) is 2. The quantitative estimate of drug-likeness (QED) is 0.580. The van der Waals surface area contributed by atoms with Crippen LogP contribution in [0.2, 0.25) is 0 Å². The van der Waals surface area contributed by atoms with E-state index in [0.717, 1.165) is 12.1 Å². The van der Waals surface area contributed by atoms with Gasteiger partial charge in [0.1, 0.15) is 6.04 Å². The number of aromatic amines is 1. The van der Waals surface area contributed by atoms with E-state index in [1.54, 1.807) is 12.5 Å². The Labute approximate surface area is 118 Å². The molecule has 0 aliphatic heterocycles. The van der Waals surface area contributed by atoms with Crippen LogP contribution in [0.1, 0.15) is 26.0 Å². The van der Waals surface area contributed by atoms with Crippen LogP contribution in [0.25, 0.3) is 0 Å². The zero-order chi connectivity index (χ0) is 15.0. The van der Waals surface area contributed by atoms with E-state index in [1.807, 2.05) is 13.8 Å². The molecule has 112 valence electrons. The van der Waals surface area contributed by atoms with Crippen molar-refractivity contribution in [2.75, 3.05) is 13.7 Å². The second-order valence-corrected chi connectivity index (χ2v) is 4.71. The van der Waals surface area contributed by atoms with Crippen LogP contribution in [0, 0.1) is 5.92 Å². The van der Waals surface area contributed by atoms with Crippen LogP contribution >= 0.6 is 0 Å². The predicted molar refractivity (Wildman–Crippen MR) is 72.0 cm³/mol. The summed E-state index contributed by atoms with van der Waals surface area (Å²) >= 11 is 0. The van der Waals surface area contributed by atoms with Gasteiger partial charge in [0.25, 0.3) is 0 Å². The molecule has 1 heterocycles. The molecule has 1 aromatic rings. The lowest BCUT2D eigenvalue weighted by Crippen LogP contribution is -2.45. The molecule has 0 saturated carbocycles. The molecule has 0 fully saturated rings. The summed E-state index contributed by atoms with van der Waals surface area (Å²) < 4.78 is 9.65. The SMILES string of the molecule is COC(=O)[C@@H](NC(=O)OCCCc1cnc[nH]1)C(C)C. The summed E-state index contributed by atoms with van der Waals surface area (Å²) in [5, 5.41) is 2.50. The highest BCUT2D eigenvalue weighted by molar-refractivity contribution is 5.81. The first-order chi connectivity index (χ1) is 9.54. The minimum Gasteiger partial charge on any atom is -0.467 e. The molecule has 1 atom stereocenters. The maximum absolute atomic E-state index is 11.6. The van der Waals surface area contributed by atoms with Crippen LogP contribution in [0.4, 0.5) is 4.79 Å². The van der Waals surface area contributed by atoms with Gasteiger partial charge < -0.3 is 19.8 Å². The molecular weight excluding hydrogens is 262 g/mol. The Morgan fingerprint density at radius 3 is 2.75 bits per heavy atom. The number of carbonyl (C=O) groups is 2. The molecule has 1 rings (SSSR count). The maximum atomic E-state index is 11.6. The third-order valence-electron chi connectivity index (χ3n) is 2.77. The number of rotatable bonds is 7. The van der Waals surface area contributed by atoms with Crippen molar-refractivity contribution in [1.82, 2.24) is 15.3 Å². The van der Waals surface area contributed by atoms with Crippen molar-refractivity contribution in [3.63, 3.8) is 0 Å². The number of imidazole rings is 1. The van der Waals surface area contributed by atoms with Gasteiger partial charge in [-0.05, 0) is 18.8 Å². The zero-order valence-corrected chi connectivity index (χ0v) is 12.0. The first-order valence-corrected chi connectivity index (χ1v) is 6.53. The van der Waals surface area contributed by atoms with Gasteiger partial charge in [-0.1, -0.05) is 13.8 Å². The average molecular weight is 283 g/mol. The van der Waals surface area contributed by atoms with E-state index in [9.17, 15) is 9.59 Å². The van der Waals surface area contributed by atoms with E-state index in [4.69, 9.17) is 4.74 Å². The monoisotopic (exact) mass is 283 g/mol. The van der Waals surface area contributed by atoms with Crippen LogP contribution in [0.3, 0.4) is 0 Å². The number of nitrogens with zero attached hydrogens (tertiary/aromatic N) is 1. The third kappa shape index (κ3) is 5.29. The fourth-order valence-corrected chi connectivity index (χ4v) is 1.64. The summed E-state index contributed by atoms with van der Waals surface area (Å²) in [7, 11) is 1.29. The Bertz CT molecular complexity index is 417. The van der Waals surface area contributed by atoms with Crippen molar-refractivity contribution < 1.29 is 19.1 Å². The summed E-state index contributed by atoms with van der Waals surface area (Å²) in [6, 6.07) is -0.694. The smallest absolute Gasteiger partial charge is 0.407 e. The number of methoxy groups -OCH3 is 1. The summed E-state index contributed by atoms with van der Waals surface area (Å²) in [4.78, 5) is 29.9. The second kappa shape index (κ2) is 8.19. The van der Waals surface area contributed by atoms with Gasteiger partial charge in [-0.25, -0.2) is 14.6 Å². The van der Waals surface area contributed by atoms with E-state index in [-0.39, 0.29) is 12.5 Å². The summed E-state index contributed by atoms with van der Waals surface area (Å²) in [5.74, 6) is -0.547. The van der Waals surface area contributed by atoms with Crippen LogP contribution in [0.15, 0.2) is 12.5 Å². The van der Waals surface area contributed by atoms with Crippen LogP contribution < -0.4 is 5.32 Å². The molecule has 1 amide bonds. The second-order valence-electron chi connectivity index (χ2n) is 4.71. The van der Waals surface area contributed by atoms with Crippen molar-refractivity contribution in [2.45, 2.75) is 32.7 Å². The predicted octanol–water partition coefficient (Wildman–Crippen LogP) is 1.27. The highest BCUT2D eigenvalue weighted by atomic mass is 16.6. The number of H-pyrrole nitrogens is 1. The lowest BCUT2D eigenvalue weighted by atomic mass is 10.1. The Balaban J connectivity index is 2.26. The van der Waals surface area contributed by atoms with E-state index < -0.39 is 18.1 Å². The topological polar surface area (TPSA) is 93.3 Å². The fraction of sp³-hybridized carbons (Fsp3) is 0.615. The van der Waals surface area contributed by atoms with Gasteiger partial charge in [0, 0.05) is 11.9 Å². The molecule has 0 spiro atoms. The summed E-state index contributed by atoms with van der Waals surface area (Å²) in [6.45, 7) is 3.91. The number of amides is 1. The average Bonchev–Trinajstić information content (AvgIpc) is 2.93. The molecule has 2 N–H and O–H groups in total. The summed E-state index contributed by atoms with van der Waals surface area (Å²) in [6.07, 6.45) is 4.15. The molecular formula is C13H21N3O4. The van der Waals surface area contributed by atoms with E-state index in [0.29, 0.717) is 6.42 Å². The fourth-order valence-electron chi connectivity index (χ4n) is 1.64. The Morgan fingerprint density at radius 1 is 1.45 bits per heavy atom. The van der Waals surface area contributed by atoms with E-state index >= 15 is 0 Å². The Kier molecular flexibility index (Phi) is 6.55.